The molecule has 0 unspecified atom stereocenters. The summed E-state index contributed by atoms with van der Waals surface area (Å²) in [5, 5.41) is 5.34. The fraction of sp³-hybridized carbons (Fsp3) is 0.200. The number of hydrogen-bond donors (Lipinski definition) is 2. The predicted octanol–water partition coefficient (Wildman–Crippen LogP) is 2.25. The maximum absolute atomic E-state index is 12.4. The zero-order chi connectivity index (χ0) is 18.9. The number of anilines is 1. The molecular formula is C20H20N2O4. The lowest BCUT2D eigenvalue weighted by molar-refractivity contribution is -0.115. The van der Waals surface area contributed by atoms with Crippen molar-refractivity contribution in [3.05, 3.63) is 53.6 Å². The molecule has 26 heavy (non-hydrogen) atoms. The summed E-state index contributed by atoms with van der Waals surface area (Å²) in [5.41, 5.74) is 1.53. The Morgan fingerprint density at radius 3 is 2.50 bits per heavy atom. The van der Waals surface area contributed by atoms with Gasteiger partial charge in [-0.3, -0.25) is 9.59 Å². The van der Waals surface area contributed by atoms with Crippen molar-refractivity contribution in [2.75, 3.05) is 26.1 Å². The Morgan fingerprint density at radius 1 is 1.08 bits per heavy atom. The second kappa shape index (κ2) is 9.14. The summed E-state index contributed by atoms with van der Waals surface area (Å²) in [6.07, 6.45) is 5.28. The van der Waals surface area contributed by atoms with Gasteiger partial charge in [-0.2, -0.15) is 0 Å². The van der Waals surface area contributed by atoms with E-state index in [0.717, 1.165) is 5.56 Å². The van der Waals surface area contributed by atoms with Crippen LogP contribution in [0, 0.1) is 12.3 Å². The SMILES string of the molecule is C#CCNC(=O)c1ccccc1NC(=O)Cc1ccc(OC)c(OC)c1. The molecule has 6 heteroatoms. The molecule has 0 spiro atoms. The van der Waals surface area contributed by atoms with Gasteiger partial charge < -0.3 is 20.1 Å². The molecule has 134 valence electrons. The largest absolute Gasteiger partial charge is 0.493 e. The molecule has 0 aliphatic rings. The van der Waals surface area contributed by atoms with E-state index in [2.05, 4.69) is 16.6 Å². The monoisotopic (exact) mass is 352 g/mol. The van der Waals surface area contributed by atoms with Crippen LogP contribution in [0.15, 0.2) is 42.5 Å². The number of amides is 2. The first-order chi connectivity index (χ1) is 12.6. The Morgan fingerprint density at radius 2 is 1.81 bits per heavy atom. The minimum atomic E-state index is -0.343. The lowest BCUT2D eigenvalue weighted by Crippen LogP contribution is -2.25. The molecule has 0 radical (unpaired) electrons. The van der Waals surface area contributed by atoms with E-state index in [1.165, 1.54) is 7.11 Å². The number of para-hydroxylation sites is 1. The van der Waals surface area contributed by atoms with Crippen LogP contribution in [-0.4, -0.2) is 32.6 Å². The van der Waals surface area contributed by atoms with Crippen LogP contribution in [0.25, 0.3) is 0 Å². The van der Waals surface area contributed by atoms with Crippen molar-refractivity contribution in [2.24, 2.45) is 0 Å². The molecule has 0 saturated carbocycles. The van der Waals surface area contributed by atoms with Gasteiger partial charge in [0, 0.05) is 0 Å². The standard InChI is InChI=1S/C20H20N2O4/c1-4-11-21-20(24)15-7-5-6-8-16(15)22-19(23)13-14-9-10-17(25-2)18(12-14)26-3/h1,5-10,12H,11,13H2,2-3H3,(H,21,24)(H,22,23). The van der Waals surface area contributed by atoms with Crippen molar-refractivity contribution in [1.29, 1.82) is 0 Å². The van der Waals surface area contributed by atoms with Gasteiger partial charge in [0.15, 0.2) is 11.5 Å². The van der Waals surface area contributed by atoms with E-state index in [9.17, 15) is 9.59 Å². The average molecular weight is 352 g/mol. The van der Waals surface area contributed by atoms with Gasteiger partial charge in [-0.15, -0.1) is 6.42 Å². The molecule has 2 N–H and O–H groups in total. The number of benzene rings is 2. The number of hydrogen-bond acceptors (Lipinski definition) is 4. The van der Waals surface area contributed by atoms with Crippen LogP contribution >= 0.6 is 0 Å². The summed E-state index contributed by atoms with van der Waals surface area (Å²) in [7, 11) is 3.08. The van der Waals surface area contributed by atoms with Crippen molar-refractivity contribution in [3.63, 3.8) is 0 Å². The van der Waals surface area contributed by atoms with Gasteiger partial charge in [-0.1, -0.05) is 24.1 Å². The third-order valence-corrected chi connectivity index (χ3v) is 3.61. The number of ether oxygens (including phenoxy) is 2. The van der Waals surface area contributed by atoms with Crippen molar-refractivity contribution >= 4 is 17.5 Å². The first kappa shape index (κ1) is 18.9. The van der Waals surface area contributed by atoms with Gasteiger partial charge in [0.25, 0.3) is 5.91 Å². The Bertz CT molecular complexity index is 840. The zero-order valence-corrected chi connectivity index (χ0v) is 14.7. The Labute approximate surface area is 152 Å². The summed E-state index contributed by atoms with van der Waals surface area (Å²) in [5.74, 6) is 2.88. The van der Waals surface area contributed by atoms with Gasteiger partial charge >= 0.3 is 0 Å². The van der Waals surface area contributed by atoms with Crippen LogP contribution in [-0.2, 0) is 11.2 Å². The van der Waals surface area contributed by atoms with E-state index >= 15 is 0 Å². The molecule has 0 aromatic heterocycles. The van der Waals surface area contributed by atoms with Crippen molar-refractivity contribution in [1.82, 2.24) is 5.32 Å². The molecule has 0 heterocycles. The fourth-order valence-electron chi connectivity index (χ4n) is 2.39. The van der Waals surface area contributed by atoms with Gasteiger partial charge in [0.2, 0.25) is 5.91 Å². The molecule has 2 rings (SSSR count). The Hall–Kier alpha value is -3.46. The normalized spacial score (nSPS) is 9.73. The number of rotatable bonds is 7. The summed E-state index contributed by atoms with van der Waals surface area (Å²) in [6.45, 7) is 0.118. The van der Waals surface area contributed by atoms with E-state index < -0.39 is 0 Å². The smallest absolute Gasteiger partial charge is 0.254 e. The van der Waals surface area contributed by atoms with Gasteiger partial charge in [0.05, 0.1) is 38.4 Å². The second-order valence-corrected chi connectivity index (χ2v) is 5.35. The summed E-state index contributed by atoms with van der Waals surface area (Å²) >= 11 is 0. The molecule has 0 aliphatic carbocycles. The third kappa shape index (κ3) is 4.77. The molecule has 2 amide bonds. The molecule has 0 atom stereocenters. The first-order valence-corrected chi connectivity index (χ1v) is 7.90. The van der Waals surface area contributed by atoms with Crippen molar-refractivity contribution in [3.8, 4) is 23.8 Å². The minimum Gasteiger partial charge on any atom is -0.493 e. The van der Waals surface area contributed by atoms with Crippen LogP contribution in [0.2, 0.25) is 0 Å². The highest BCUT2D eigenvalue weighted by atomic mass is 16.5. The maximum Gasteiger partial charge on any atom is 0.254 e. The molecule has 6 nitrogen and oxygen atoms in total. The molecule has 2 aromatic carbocycles. The van der Waals surface area contributed by atoms with E-state index in [1.807, 2.05) is 0 Å². The highest BCUT2D eigenvalue weighted by molar-refractivity contribution is 6.04. The Balaban J connectivity index is 2.11. The number of carbonyl (C=O) groups excluding carboxylic acids is 2. The zero-order valence-electron chi connectivity index (χ0n) is 14.7. The van der Waals surface area contributed by atoms with Crippen molar-refractivity contribution < 1.29 is 19.1 Å². The molecule has 0 fully saturated rings. The number of nitrogens with one attached hydrogen (secondary N) is 2. The molecule has 2 aromatic rings. The minimum absolute atomic E-state index is 0.118. The van der Waals surface area contributed by atoms with Gasteiger partial charge in [-0.05, 0) is 29.8 Å². The quantitative estimate of drug-likeness (QED) is 0.750. The lowest BCUT2D eigenvalue weighted by Gasteiger charge is -2.12. The second-order valence-electron chi connectivity index (χ2n) is 5.35. The number of carbonyl (C=O) groups is 2. The van der Waals surface area contributed by atoms with Crippen LogP contribution in [0.1, 0.15) is 15.9 Å². The number of methoxy groups -OCH3 is 2. The van der Waals surface area contributed by atoms with E-state index in [4.69, 9.17) is 15.9 Å². The highest BCUT2D eigenvalue weighted by Crippen LogP contribution is 2.27. The molecule has 0 saturated heterocycles. The molecule has 0 aliphatic heterocycles. The van der Waals surface area contributed by atoms with Gasteiger partial charge in [0.1, 0.15) is 0 Å². The van der Waals surface area contributed by atoms with Crippen LogP contribution in [0.3, 0.4) is 0 Å². The van der Waals surface area contributed by atoms with Crippen molar-refractivity contribution in [2.45, 2.75) is 6.42 Å². The van der Waals surface area contributed by atoms with Crippen LogP contribution in [0.5, 0.6) is 11.5 Å². The Kier molecular flexibility index (Phi) is 6.63. The number of terminal acetylenes is 1. The summed E-state index contributed by atoms with van der Waals surface area (Å²) in [4.78, 5) is 24.5. The lowest BCUT2D eigenvalue weighted by atomic mass is 10.1. The fourth-order valence-corrected chi connectivity index (χ4v) is 2.39. The summed E-state index contributed by atoms with van der Waals surface area (Å²) in [6, 6.07) is 12.0. The van der Waals surface area contributed by atoms with E-state index in [-0.39, 0.29) is 24.8 Å². The predicted molar refractivity (Wildman–Crippen MR) is 99.5 cm³/mol. The van der Waals surface area contributed by atoms with Crippen LogP contribution < -0.4 is 20.1 Å². The highest BCUT2D eigenvalue weighted by Gasteiger charge is 2.13. The maximum atomic E-state index is 12.4. The molecular weight excluding hydrogens is 332 g/mol. The summed E-state index contributed by atoms with van der Waals surface area (Å²) < 4.78 is 10.4. The van der Waals surface area contributed by atoms with E-state index in [1.54, 1.807) is 49.6 Å². The topological polar surface area (TPSA) is 76.7 Å². The molecule has 0 bridgehead atoms. The third-order valence-electron chi connectivity index (χ3n) is 3.61. The average Bonchev–Trinajstić information content (AvgIpc) is 2.66. The first-order valence-electron chi connectivity index (χ1n) is 7.90. The van der Waals surface area contributed by atoms with Crippen LogP contribution in [0.4, 0.5) is 5.69 Å². The van der Waals surface area contributed by atoms with E-state index in [0.29, 0.717) is 22.7 Å². The van der Waals surface area contributed by atoms with Gasteiger partial charge in [-0.25, -0.2) is 0 Å².